The van der Waals surface area contributed by atoms with Gasteiger partial charge in [0.05, 0.1) is 0 Å². The van der Waals surface area contributed by atoms with E-state index in [1.807, 2.05) is 0 Å². The van der Waals surface area contributed by atoms with Crippen LogP contribution in [-0.2, 0) is 17.8 Å². The van der Waals surface area contributed by atoms with Crippen molar-refractivity contribution in [1.82, 2.24) is 0 Å². The molecule has 0 saturated carbocycles. The van der Waals surface area contributed by atoms with Gasteiger partial charge in [-0.25, -0.2) is 0 Å². The number of benzene rings is 1. The number of rotatable bonds is 4. The van der Waals surface area contributed by atoms with Crippen LogP contribution >= 0.6 is 24.8 Å². The van der Waals surface area contributed by atoms with E-state index in [2.05, 4.69) is 82.0 Å². The molecule has 0 saturated heterocycles. The quantitative estimate of drug-likeness (QED) is 0.564. The Bertz CT molecular complexity index is 658. The molecular formula is C19H30Cl2OSiTi. The molecule has 1 nitrogen and oxygen atoms in total. The first-order valence-corrected chi connectivity index (χ1v) is 13.5. The first kappa shape index (κ1) is 23.9. The molecule has 0 amide bonds. The fraction of sp³-hybridized carbons (Fsp3) is 0.421. The van der Waals surface area contributed by atoms with Crippen molar-refractivity contribution >= 4 is 42.9 Å². The Morgan fingerprint density at radius 3 is 2.29 bits per heavy atom. The molecule has 1 aromatic carbocycles. The molecule has 0 radical (unpaired) electrons. The molecule has 0 N–H and O–H groups in total. The van der Waals surface area contributed by atoms with Crippen molar-refractivity contribution in [2.75, 3.05) is 0 Å². The summed E-state index contributed by atoms with van der Waals surface area (Å²) in [6.45, 7) is 14.2. The number of halogens is 2. The fourth-order valence-corrected chi connectivity index (χ4v) is 6.98. The van der Waals surface area contributed by atoms with Gasteiger partial charge in [0.1, 0.15) is 0 Å². The standard InChI is InChI=1S/C13H22OSi.C5H5.CH2.2ClH.Ti/c1-10-11(14)8-7-9-12(10)15(5,6)13(2,3)4;1-2-4-5-3-1;;;;/h7-9,14H,1-6H3;1-3H,4H2;1H2;2*1H;/q;;;;;+1/p-1. The molecule has 0 heterocycles. The van der Waals surface area contributed by atoms with Gasteiger partial charge in [-0.2, -0.15) is 0 Å². The number of allylic oxidation sites excluding steroid dienone is 4. The summed E-state index contributed by atoms with van der Waals surface area (Å²) in [5.74, 6) is 1.06. The summed E-state index contributed by atoms with van der Waals surface area (Å²) >= 11 is -1.85. The molecule has 24 heavy (non-hydrogen) atoms. The van der Waals surface area contributed by atoms with Crippen LogP contribution in [0.4, 0.5) is 0 Å². The van der Waals surface area contributed by atoms with Gasteiger partial charge in [-0.05, 0) is 0 Å². The summed E-state index contributed by atoms with van der Waals surface area (Å²) in [5, 5.41) is 1.85. The zero-order valence-electron chi connectivity index (χ0n) is 15.6. The first-order chi connectivity index (χ1) is 10.1. The van der Waals surface area contributed by atoms with Gasteiger partial charge in [0.15, 0.2) is 0 Å². The maximum absolute atomic E-state index is 6.35. The Labute approximate surface area is 167 Å². The monoisotopic (exact) mass is 420 g/mol. The molecule has 2 rings (SSSR count). The van der Waals surface area contributed by atoms with Crippen LogP contribution < -0.4 is 8.51 Å². The minimum absolute atomic E-state index is 0. The third kappa shape index (κ3) is 4.95. The fourth-order valence-electron chi connectivity index (χ4n) is 2.66. The van der Waals surface area contributed by atoms with Crippen LogP contribution in [0, 0.1) is 6.92 Å². The van der Waals surface area contributed by atoms with Gasteiger partial charge >= 0.3 is 143 Å². The summed E-state index contributed by atoms with van der Waals surface area (Å²) in [6.07, 6.45) is 7.53. The van der Waals surface area contributed by atoms with E-state index in [0.29, 0.717) is 5.04 Å². The van der Waals surface area contributed by atoms with E-state index in [1.54, 1.807) is 0 Å². The van der Waals surface area contributed by atoms with Crippen molar-refractivity contribution in [1.29, 1.82) is 0 Å². The molecular weight excluding hydrogens is 391 g/mol. The van der Waals surface area contributed by atoms with Crippen molar-refractivity contribution in [2.24, 2.45) is 0 Å². The average Bonchev–Trinajstić information content (AvgIpc) is 2.93. The van der Waals surface area contributed by atoms with E-state index in [0.717, 1.165) is 12.2 Å². The summed E-state index contributed by atoms with van der Waals surface area (Å²) in [6, 6.07) is 6.58. The van der Waals surface area contributed by atoms with Crippen LogP contribution in [0.15, 0.2) is 40.3 Å². The van der Waals surface area contributed by atoms with E-state index in [1.165, 1.54) is 14.6 Å². The van der Waals surface area contributed by atoms with Gasteiger partial charge in [0.25, 0.3) is 0 Å². The zero-order valence-corrected chi connectivity index (χ0v) is 19.8. The summed E-state index contributed by atoms with van der Waals surface area (Å²) < 4.78 is 7.76. The Hall–Kier alpha value is -0.119. The van der Waals surface area contributed by atoms with Crippen molar-refractivity contribution in [3.8, 4) is 5.75 Å². The summed E-state index contributed by atoms with van der Waals surface area (Å²) in [7, 11) is -1.55. The van der Waals surface area contributed by atoms with E-state index in [-0.39, 0.29) is 24.8 Å². The van der Waals surface area contributed by atoms with Gasteiger partial charge in [0.2, 0.25) is 0 Å². The zero-order chi connectivity index (χ0) is 16.5. The SMILES string of the molecule is Cl.Cl.[CH2]=[Ti]([O]c1cccc([Si](C)(C)C(C)(C)C)c1C)[C]1=CC=CC1. The maximum atomic E-state index is 6.35. The van der Waals surface area contributed by atoms with E-state index in [9.17, 15) is 0 Å². The minimum atomic E-state index is -1.85. The predicted octanol–water partition coefficient (Wildman–Crippen LogP) is 5.74. The van der Waals surface area contributed by atoms with Crippen LogP contribution in [-0.4, -0.2) is 12.9 Å². The van der Waals surface area contributed by atoms with Gasteiger partial charge in [-0.15, -0.1) is 24.8 Å². The number of hydrogen-bond acceptors (Lipinski definition) is 1. The van der Waals surface area contributed by atoms with Crippen LogP contribution in [0.1, 0.15) is 32.8 Å². The third-order valence-electron chi connectivity index (χ3n) is 5.20. The Morgan fingerprint density at radius 2 is 1.79 bits per heavy atom. The van der Waals surface area contributed by atoms with Gasteiger partial charge in [0, 0.05) is 0 Å². The van der Waals surface area contributed by atoms with Gasteiger partial charge in [-0.3, -0.25) is 0 Å². The second kappa shape index (κ2) is 9.00. The van der Waals surface area contributed by atoms with Crippen LogP contribution in [0.25, 0.3) is 0 Å². The van der Waals surface area contributed by atoms with Crippen LogP contribution in [0.3, 0.4) is 0 Å². The summed E-state index contributed by atoms with van der Waals surface area (Å²) in [5.41, 5.74) is 1.33. The molecule has 1 aromatic rings. The molecule has 0 aliphatic heterocycles. The molecule has 1 aliphatic rings. The normalized spacial score (nSPS) is 13.7. The molecule has 5 heteroatoms. The van der Waals surface area contributed by atoms with Gasteiger partial charge < -0.3 is 0 Å². The molecule has 0 fully saturated rings. The van der Waals surface area contributed by atoms with E-state index in [4.69, 9.17) is 3.32 Å². The second-order valence-corrected chi connectivity index (χ2v) is 15.6. The third-order valence-corrected chi connectivity index (χ3v) is 13.3. The average molecular weight is 421 g/mol. The predicted molar refractivity (Wildman–Crippen MR) is 112 cm³/mol. The van der Waals surface area contributed by atoms with Crippen molar-refractivity contribution in [2.45, 2.75) is 52.2 Å². The van der Waals surface area contributed by atoms with Crippen LogP contribution in [0.5, 0.6) is 5.75 Å². The molecule has 0 atom stereocenters. The molecule has 0 spiro atoms. The van der Waals surface area contributed by atoms with Gasteiger partial charge in [-0.1, -0.05) is 0 Å². The second-order valence-electron chi connectivity index (χ2n) is 7.65. The molecule has 134 valence electrons. The number of hydrogen-bond donors (Lipinski definition) is 0. The topological polar surface area (TPSA) is 9.23 Å². The Balaban J connectivity index is 0.00000264. The Kier molecular flexibility index (Phi) is 8.96. The van der Waals surface area contributed by atoms with Crippen molar-refractivity contribution in [3.05, 3.63) is 45.9 Å². The molecule has 1 aliphatic carbocycles. The van der Waals surface area contributed by atoms with Crippen molar-refractivity contribution in [3.63, 3.8) is 0 Å². The van der Waals surface area contributed by atoms with Crippen LogP contribution in [0.2, 0.25) is 18.1 Å². The summed E-state index contributed by atoms with van der Waals surface area (Å²) in [4.78, 5) is 4.34. The van der Waals surface area contributed by atoms with E-state index >= 15 is 0 Å². The van der Waals surface area contributed by atoms with Crippen molar-refractivity contribution < 1.29 is 21.1 Å². The molecule has 0 unspecified atom stereocenters. The molecule has 0 aromatic heterocycles. The first-order valence-electron chi connectivity index (χ1n) is 7.97. The molecule has 0 bridgehead atoms. The van der Waals surface area contributed by atoms with E-state index < -0.39 is 25.9 Å². The Morgan fingerprint density at radius 1 is 1.17 bits per heavy atom.